The van der Waals surface area contributed by atoms with Gasteiger partial charge in [0.25, 0.3) is 5.91 Å². The van der Waals surface area contributed by atoms with Gasteiger partial charge in [-0.25, -0.2) is 0 Å². The van der Waals surface area contributed by atoms with Gasteiger partial charge in [-0.1, -0.05) is 0 Å². The maximum atomic E-state index is 12.7. The van der Waals surface area contributed by atoms with Crippen LogP contribution in [-0.2, 0) is 9.53 Å². The van der Waals surface area contributed by atoms with Gasteiger partial charge in [-0.2, -0.15) is 0 Å². The fourth-order valence-corrected chi connectivity index (χ4v) is 3.61. The number of carbonyl (C=O) groups is 2. The molecule has 156 valence electrons. The summed E-state index contributed by atoms with van der Waals surface area (Å²) in [6.07, 6.45) is 0. The Hall–Kier alpha value is -3.16. The Morgan fingerprint density at radius 2 is 1.67 bits per heavy atom. The summed E-state index contributed by atoms with van der Waals surface area (Å²) in [6.45, 7) is 7.29. The lowest BCUT2D eigenvalue weighted by molar-refractivity contribution is -0.118. The van der Waals surface area contributed by atoms with Crippen molar-refractivity contribution >= 4 is 34.1 Å². The molecule has 0 atom stereocenters. The monoisotopic (exact) mass is 406 g/mol. The van der Waals surface area contributed by atoms with E-state index in [0.717, 1.165) is 35.2 Å². The number of amides is 2. The van der Waals surface area contributed by atoms with Crippen molar-refractivity contribution < 1.29 is 14.3 Å². The standard InChI is InChI=1S/C23H26N4O3/c1-15-16(2)24-21-8-3-17(13-20(15)21)23(29)26-19-6-4-18(5-7-19)25-22(28)14-27-9-11-30-12-10-27/h3-8,13,24H,9-12,14H2,1-2H3,(H,25,28)(H,26,29). The third-order valence-corrected chi connectivity index (χ3v) is 5.47. The molecule has 7 nitrogen and oxygen atoms in total. The van der Waals surface area contributed by atoms with E-state index in [1.807, 2.05) is 32.0 Å². The average molecular weight is 406 g/mol. The molecular formula is C23H26N4O3. The summed E-state index contributed by atoms with van der Waals surface area (Å²) in [5, 5.41) is 6.86. The minimum absolute atomic E-state index is 0.0563. The smallest absolute Gasteiger partial charge is 0.255 e. The first-order chi connectivity index (χ1) is 14.5. The molecule has 0 aliphatic carbocycles. The van der Waals surface area contributed by atoms with Crippen molar-refractivity contribution in [3.63, 3.8) is 0 Å². The van der Waals surface area contributed by atoms with Gasteiger partial charge in [0.1, 0.15) is 0 Å². The van der Waals surface area contributed by atoms with Gasteiger partial charge in [0, 0.05) is 46.6 Å². The van der Waals surface area contributed by atoms with Crippen LogP contribution in [0.4, 0.5) is 11.4 Å². The van der Waals surface area contributed by atoms with Gasteiger partial charge in [0.15, 0.2) is 0 Å². The summed E-state index contributed by atoms with van der Waals surface area (Å²) in [5.41, 5.74) is 5.26. The molecule has 3 aromatic rings. The molecule has 1 aliphatic heterocycles. The van der Waals surface area contributed by atoms with Crippen LogP contribution in [0.1, 0.15) is 21.6 Å². The SMILES string of the molecule is Cc1[nH]c2ccc(C(=O)Nc3ccc(NC(=O)CN4CCOCC4)cc3)cc2c1C. The maximum Gasteiger partial charge on any atom is 0.255 e. The lowest BCUT2D eigenvalue weighted by Gasteiger charge is -2.25. The zero-order valence-electron chi connectivity index (χ0n) is 17.2. The number of morpholine rings is 1. The lowest BCUT2D eigenvalue weighted by atomic mass is 10.1. The largest absolute Gasteiger partial charge is 0.379 e. The number of benzene rings is 2. The van der Waals surface area contributed by atoms with Crippen LogP contribution in [0, 0.1) is 13.8 Å². The van der Waals surface area contributed by atoms with E-state index in [1.54, 1.807) is 24.3 Å². The van der Waals surface area contributed by atoms with E-state index in [2.05, 4.69) is 20.5 Å². The van der Waals surface area contributed by atoms with Crippen LogP contribution >= 0.6 is 0 Å². The summed E-state index contributed by atoms with van der Waals surface area (Å²) >= 11 is 0. The van der Waals surface area contributed by atoms with Crippen LogP contribution in [0.3, 0.4) is 0 Å². The van der Waals surface area contributed by atoms with E-state index >= 15 is 0 Å². The van der Waals surface area contributed by atoms with Crippen LogP contribution in [-0.4, -0.2) is 54.5 Å². The third-order valence-electron chi connectivity index (χ3n) is 5.47. The number of aromatic nitrogens is 1. The van der Waals surface area contributed by atoms with Crippen molar-refractivity contribution in [2.24, 2.45) is 0 Å². The van der Waals surface area contributed by atoms with Crippen molar-refractivity contribution in [3.8, 4) is 0 Å². The maximum absolute atomic E-state index is 12.7. The van der Waals surface area contributed by atoms with Gasteiger partial charge in [-0.3, -0.25) is 14.5 Å². The van der Waals surface area contributed by atoms with E-state index in [1.165, 1.54) is 0 Å². The molecule has 1 fully saturated rings. The minimum atomic E-state index is -0.167. The average Bonchev–Trinajstić information content (AvgIpc) is 3.03. The number of carbonyl (C=O) groups excluding carboxylic acids is 2. The molecule has 1 aromatic heterocycles. The molecule has 2 heterocycles. The Labute approximate surface area is 175 Å². The number of H-pyrrole nitrogens is 1. The summed E-state index contributed by atoms with van der Waals surface area (Å²) in [6, 6.07) is 12.8. The predicted molar refractivity (Wildman–Crippen MR) is 118 cm³/mol. The van der Waals surface area contributed by atoms with Gasteiger partial charge in [0.05, 0.1) is 19.8 Å². The highest BCUT2D eigenvalue weighted by atomic mass is 16.5. The number of aromatic amines is 1. The first-order valence-corrected chi connectivity index (χ1v) is 10.1. The number of ether oxygens (including phenoxy) is 1. The molecule has 3 N–H and O–H groups in total. The molecule has 4 rings (SSSR count). The lowest BCUT2D eigenvalue weighted by Crippen LogP contribution is -2.41. The zero-order chi connectivity index (χ0) is 21.1. The first-order valence-electron chi connectivity index (χ1n) is 10.1. The fraction of sp³-hybridized carbons (Fsp3) is 0.304. The normalized spacial score (nSPS) is 14.6. The van der Waals surface area contributed by atoms with E-state index in [9.17, 15) is 9.59 Å². The van der Waals surface area contributed by atoms with Crippen LogP contribution in [0.5, 0.6) is 0 Å². The minimum Gasteiger partial charge on any atom is -0.379 e. The predicted octanol–water partition coefficient (Wildman–Crippen LogP) is 3.31. The number of anilines is 2. The number of aryl methyl sites for hydroxylation is 2. The molecule has 7 heteroatoms. The van der Waals surface area contributed by atoms with Crippen LogP contribution in [0.2, 0.25) is 0 Å². The van der Waals surface area contributed by atoms with E-state index in [0.29, 0.717) is 36.7 Å². The number of hydrogen-bond donors (Lipinski definition) is 3. The quantitative estimate of drug-likeness (QED) is 0.607. The Kier molecular flexibility index (Phi) is 5.83. The van der Waals surface area contributed by atoms with Gasteiger partial charge >= 0.3 is 0 Å². The van der Waals surface area contributed by atoms with Crippen molar-refractivity contribution in [2.45, 2.75) is 13.8 Å². The molecular weight excluding hydrogens is 380 g/mol. The van der Waals surface area contributed by atoms with Crippen LogP contribution < -0.4 is 10.6 Å². The van der Waals surface area contributed by atoms with Gasteiger partial charge in [-0.15, -0.1) is 0 Å². The van der Waals surface area contributed by atoms with Crippen molar-refractivity contribution in [1.82, 2.24) is 9.88 Å². The molecule has 0 radical (unpaired) electrons. The summed E-state index contributed by atoms with van der Waals surface area (Å²) in [5.74, 6) is -0.224. The number of nitrogens with one attached hydrogen (secondary N) is 3. The molecule has 2 amide bonds. The second-order valence-corrected chi connectivity index (χ2v) is 7.60. The molecule has 1 aliphatic rings. The Morgan fingerprint density at radius 1 is 1.00 bits per heavy atom. The number of nitrogens with zero attached hydrogens (tertiary/aromatic N) is 1. The Balaban J connectivity index is 1.36. The summed E-state index contributed by atoms with van der Waals surface area (Å²) in [4.78, 5) is 30.2. The second kappa shape index (κ2) is 8.69. The van der Waals surface area contributed by atoms with Crippen molar-refractivity contribution in [3.05, 3.63) is 59.3 Å². The van der Waals surface area contributed by atoms with Crippen molar-refractivity contribution in [2.75, 3.05) is 43.5 Å². The number of hydrogen-bond acceptors (Lipinski definition) is 4. The van der Waals surface area contributed by atoms with E-state index < -0.39 is 0 Å². The highest BCUT2D eigenvalue weighted by Gasteiger charge is 2.14. The summed E-state index contributed by atoms with van der Waals surface area (Å²) < 4.78 is 5.29. The third kappa shape index (κ3) is 4.53. The fourth-order valence-electron chi connectivity index (χ4n) is 3.61. The molecule has 2 aromatic carbocycles. The van der Waals surface area contributed by atoms with E-state index in [4.69, 9.17) is 4.74 Å². The molecule has 30 heavy (non-hydrogen) atoms. The zero-order valence-corrected chi connectivity index (χ0v) is 17.2. The molecule has 0 unspecified atom stereocenters. The highest BCUT2D eigenvalue weighted by molar-refractivity contribution is 6.06. The summed E-state index contributed by atoms with van der Waals surface area (Å²) in [7, 11) is 0. The van der Waals surface area contributed by atoms with E-state index in [-0.39, 0.29) is 11.8 Å². The first kappa shape index (κ1) is 20.1. The topological polar surface area (TPSA) is 86.5 Å². The number of fused-ring (bicyclic) bond motifs is 1. The Morgan fingerprint density at radius 3 is 2.37 bits per heavy atom. The molecule has 0 saturated carbocycles. The van der Waals surface area contributed by atoms with Gasteiger partial charge < -0.3 is 20.4 Å². The number of rotatable bonds is 5. The van der Waals surface area contributed by atoms with Gasteiger partial charge in [0.2, 0.25) is 5.91 Å². The van der Waals surface area contributed by atoms with Crippen LogP contribution in [0.15, 0.2) is 42.5 Å². The molecule has 0 bridgehead atoms. The van der Waals surface area contributed by atoms with Gasteiger partial charge in [-0.05, 0) is 61.9 Å². The second-order valence-electron chi connectivity index (χ2n) is 7.60. The Bertz CT molecular complexity index is 1070. The van der Waals surface area contributed by atoms with Crippen molar-refractivity contribution in [1.29, 1.82) is 0 Å². The van der Waals surface area contributed by atoms with Crippen LogP contribution in [0.25, 0.3) is 10.9 Å². The molecule has 1 saturated heterocycles. The molecule has 0 spiro atoms. The highest BCUT2D eigenvalue weighted by Crippen LogP contribution is 2.23.